The fourth-order valence-corrected chi connectivity index (χ4v) is 4.13. The van der Waals surface area contributed by atoms with Crippen LogP contribution in [-0.4, -0.2) is 42.0 Å². The number of carbonyl (C=O) groups excluding carboxylic acids is 2. The van der Waals surface area contributed by atoms with Crippen molar-refractivity contribution in [2.75, 3.05) is 14.2 Å². The number of ether oxygens (including phenoxy) is 2. The molecule has 28 heavy (non-hydrogen) atoms. The van der Waals surface area contributed by atoms with E-state index in [0.717, 1.165) is 33.5 Å². The Kier molecular flexibility index (Phi) is 4.55. The summed E-state index contributed by atoms with van der Waals surface area (Å²) in [6, 6.07) is 14.5. The topological polar surface area (TPSA) is 71.6 Å². The third-order valence-electron chi connectivity index (χ3n) is 5.40. The number of aromatic amines is 1. The van der Waals surface area contributed by atoms with E-state index in [1.165, 1.54) is 14.0 Å². The Hall–Kier alpha value is -3.28. The van der Waals surface area contributed by atoms with Crippen molar-refractivity contribution in [3.63, 3.8) is 0 Å². The lowest BCUT2D eigenvalue weighted by Gasteiger charge is -2.40. The summed E-state index contributed by atoms with van der Waals surface area (Å²) < 4.78 is 10.3. The Morgan fingerprint density at radius 3 is 2.43 bits per heavy atom. The molecule has 0 bridgehead atoms. The molecular formula is C22H22N2O4. The number of amides is 1. The van der Waals surface area contributed by atoms with Gasteiger partial charge in [0.25, 0.3) is 0 Å². The molecule has 1 aromatic heterocycles. The second kappa shape index (κ2) is 7.03. The molecule has 3 aromatic rings. The molecule has 0 saturated carbocycles. The van der Waals surface area contributed by atoms with Crippen LogP contribution in [0.5, 0.6) is 5.75 Å². The first kappa shape index (κ1) is 18.1. The van der Waals surface area contributed by atoms with Gasteiger partial charge in [0, 0.05) is 29.9 Å². The molecule has 2 heterocycles. The second-order valence-electron chi connectivity index (χ2n) is 6.91. The molecule has 1 aliphatic heterocycles. The molecule has 0 radical (unpaired) electrons. The van der Waals surface area contributed by atoms with Crippen LogP contribution in [0.15, 0.2) is 48.5 Å². The van der Waals surface area contributed by atoms with Crippen LogP contribution in [0, 0.1) is 0 Å². The van der Waals surface area contributed by atoms with Gasteiger partial charge in [-0.3, -0.25) is 4.79 Å². The molecule has 0 saturated heterocycles. The molecule has 2 atom stereocenters. The van der Waals surface area contributed by atoms with Gasteiger partial charge in [-0.2, -0.15) is 0 Å². The van der Waals surface area contributed by atoms with Gasteiger partial charge in [0.1, 0.15) is 11.8 Å². The average Bonchev–Trinajstić information content (AvgIpc) is 3.10. The van der Waals surface area contributed by atoms with Gasteiger partial charge >= 0.3 is 5.97 Å². The largest absolute Gasteiger partial charge is 0.497 e. The Morgan fingerprint density at radius 1 is 1.07 bits per heavy atom. The SMILES string of the molecule is COC(=O)[C@@H]1Cc2c([nH]c3ccccc23)[C@@H](c2ccc(OC)cc2)N1C(C)=O. The fourth-order valence-electron chi connectivity index (χ4n) is 4.13. The van der Waals surface area contributed by atoms with Crippen LogP contribution in [0.2, 0.25) is 0 Å². The average molecular weight is 378 g/mol. The number of H-pyrrole nitrogens is 1. The van der Waals surface area contributed by atoms with Gasteiger partial charge in [0.05, 0.1) is 20.3 Å². The van der Waals surface area contributed by atoms with E-state index in [0.29, 0.717) is 6.42 Å². The first-order valence-corrected chi connectivity index (χ1v) is 9.15. The smallest absolute Gasteiger partial charge is 0.328 e. The monoisotopic (exact) mass is 378 g/mol. The van der Waals surface area contributed by atoms with Gasteiger partial charge < -0.3 is 19.4 Å². The van der Waals surface area contributed by atoms with Crippen LogP contribution in [-0.2, 0) is 20.7 Å². The van der Waals surface area contributed by atoms with Crippen LogP contribution in [0.3, 0.4) is 0 Å². The molecule has 4 rings (SSSR count). The Morgan fingerprint density at radius 2 is 1.79 bits per heavy atom. The van der Waals surface area contributed by atoms with Crippen molar-refractivity contribution in [2.45, 2.75) is 25.4 Å². The molecule has 6 nitrogen and oxygen atoms in total. The minimum absolute atomic E-state index is 0.180. The van der Waals surface area contributed by atoms with E-state index in [-0.39, 0.29) is 5.91 Å². The number of methoxy groups -OCH3 is 2. The number of rotatable bonds is 3. The number of hydrogen-bond acceptors (Lipinski definition) is 4. The third kappa shape index (κ3) is 2.81. The van der Waals surface area contributed by atoms with Crippen LogP contribution < -0.4 is 4.74 Å². The number of benzene rings is 2. The minimum atomic E-state index is -0.679. The predicted molar refractivity (Wildman–Crippen MR) is 105 cm³/mol. The van der Waals surface area contributed by atoms with E-state index in [1.807, 2.05) is 48.5 Å². The maximum absolute atomic E-state index is 12.6. The van der Waals surface area contributed by atoms with Crippen molar-refractivity contribution in [2.24, 2.45) is 0 Å². The standard InChI is InChI=1S/C22H22N2O4/c1-13(25)24-19(22(26)28-3)12-17-16-6-4-5-7-18(16)23-20(17)21(24)14-8-10-15(27-2)11-9-14/h4-11,19,21,23H,12H2,1-3H3/t19-,21+/m0/s1. The number of nitrogens with zero attached hydrogens (tertiary/aromatic N) is 1. The molecule has 6 heteroatoms. The van der Waals surface area contributed by atoms with E-state index in [9.17, 15) is 9.59 Å². The zero-order valence-corrected chi connectivity index (χ0v) is 16.1. The van der Waals surface area contributed by atoms with Crippen molar-refractivity contribution >= 4 is 22.8 Å². The highest BCUT2D eigenvalue weighted by Crippen LogP contribution is 2.41. The van der Waals surface area contributed by atoms with Crippen molar-refractivity contribution in [1.29, 1.82) is 0 Å². The van der Waals surface area contributed by atoms with E-state index >= 15 is 0 Å². The van der Waals surface area contributed by atoms with Crippen LogP contribution in [0.4, 0.5) is 0 Å². The summed E-state index contributed by atoms with van der Waals surface area (Å²) in [5.74, 6) is 0.139. The number of aromatic nitrogens is 1. The van der Waals surface area contributed by atoms with Crippen molar-refractivity contribution in [3.05, 3.63) is 65.4 Å². The second-order valence-corrected chi connectivity index (χ2v) is 6.91. The third-order valence-corrected chi connectivity index (χ3v) is 5.40. The van der Waals surface area contributed by atoms with E-state index in [1.54, 1.807) is 12.0 Å². The number of nitrogens with one attached hydrogen (secondary N) is 1. The van der Waals surface area contributed by atoms with E-state index < -0.39 is 18.1 Å². The van der Waals surface area contributed by atoms with Crippen LogP contribution in [0.25, 0.3) is 10.9 Å². The van der Waals surface area contributed by atoms with Gasteiger partial charge in [0.2, 0.25) is 5.91 Å². The maximum Gasteiger partial charge on any atom is 0.328 e. The molecule has 0 spiro atoms. The minimum Gasteiger partial charge on any atom is -0.497 e. The molecule has 0 fully saturated rings. The summed E-state index contributed by atoms with van der Waals surface area (Å²) in [7, 11) is 2.97. The number of para-hydroxylation sites is 1. The first-order chi connectivity index (χ1) is 13.5. The van der Waals surface area contributed by atoms with Gasteiger partial charge in [-0.15, -0.1) is 0 Å². The van der Waals surface area contributed by atoms with Crippen LogP contribution in [0.1, 0.15) is 29.8 Å². The highest BCUT2D eigenvalue weighted by atomic mass is 16.5. The number of carbonyl (C=O) groups is 2. The summed E-state index contributed by atoms with van der Waals surface area (Å²) in [5.41, 5.74) is 3.86. The molecule has 0 unspecified atom stereocenters. The lowest BCUT2D eigenvalue weighted by Crippen LogP contribution is -2.51. The zero-order valence-electron chi connectivity index (χ0n) is 16.1. The van der Waals surface area contributed by atoms with Crippen molar-refractivity contribution in [3.8, 4) is 5.75 Å². The highest BCUT2D eigenvalue weighted by molar-refractivity contribution is 5.90. The van der Waals surface area contributed by atoms with Crippen molar-refractivity contribution < 1.29 is 19.1 Å². The van der Waals surface area contributed by atoms with Gasteiger partial charge in [0.15, 0.2) is 0 Å². The molecule has 2 aromatic carbocycles. The molecule has 1 amide bonds. The Bertz CT molecular complexity index is 1040. The van der Waals surface area contributed by atoms with Gasteiger partial charge in [-0.05, 0) is 29.3 Å². The molecule has 1 aliphatic rings. The molecular weight excluding hydrogens is 356 g/mol. The molecule has 0 aliphatic carbocycles. The van der Waals surface area contributed by atoms with Crippen LogP contribution >= 0.6 is 0 Å². The number of hydrogen-bond donors (Lipinski definition) is 1. The van der Waals surface area contributed by atoms with E-state index in [4.69, 9.17) is 9.47 Å². The number of esters is 1. The van der Waals surface area contributed by atoms with E-state index in [2.05, 4.69) is 4.98 Å². The highest BCUT2D eigenvalue weighted by Gasteiger charge is 2.42. The predicted octanol–water partition coefficient (Wildman–Crippen LogP) is 3.21. The van der Waals surface area contributed by atoms with Crippen molar-refractivity contribution in [1.82, 2.24) is 9.88 Å². The molecule has 1 N–H and O–H groups in total. The molecule has 144 valence electrons. The quantitative estimate of drug-likeness (QED) is 0.711. The summed E-state index contributed by atoms with van der Waals surface area (Å²) in [4.78, 5) is 30.3. The normalized spacial score (nSPS) is 18.6. The van der Waals surface area contributed by atoms with Gasteiger partial charge in [-0.25, -0.2) is 4.79 Å². The lowest BCUT2D eigenvalue weighted by atomic mass is 9.88. The maximum atomic E-state index is 12.6. The zero-order chi connectivity index (χ0) is 19.8. The number of fused-ring (bicyclic) bond motifs is 3. The fraction of sp³-hybridized carbons (Fsp3) is 0.273. The Balaban J connectivity index is 1.95. The first-order valence-electron chi connectivity index (χ1n) is 9.15. The summed E-state index contributed by atoms with van der Waals surface area (Å²) in [6.45, 7) is 1.49. The summed E-state index contributed by atoms with van der Waals surface area (Å²) >= 11 is 0. The summed E-state index contributed by atoms with van der Waals surface area (Å²) in [6.07, 6.45) is 0.415. The lowest BCUT2D eigenvalue weighted by molar-refractivity contribution is -0.154. The van der Waals surface area contributed by atoms with Gasteiger partial charge in [-0.1, -0.05) is 30.3 Å². The Labute approximate surface area is 163 Å². The summed E-state index contributed by atoms with van der Waals surface area (Å²) in [5, 5.41) is 1.06.